The van der Waals surface area contributed by atoms with Gasteiger partial charge in [-0.3, -0.25) is 0 Å². The first kappa shape index (κ1) is 12.3. The molecule has 3 heteroatoms. The molecule has 0 aliphatic carbocycles. The molecule has 0 aromatic rings. The number of ether oxygens (including phenoxy) is 1. The summed E-state index contributed by atoms with van der Waals surface area (Å²) in [5.41, 5.74) is 0.597. The third-order valence-electron chi connectivity index (χ3n) is 4.21. The van der Waals surface area contributed by atoms with E-state index in [0.29, 0.717) is 11.1 Å². The number of hydrogen-bond donors (Lipinski definition) is 2. The Bertz CT molecular complexity index is 194. The SMILES string of the molecule is CC1(NCC2(C)CCCCN2)CCOCC1. The van der Waals surface area contributed by atoms with Crippen LogP contribution in [-0.2, 0) is 4.74 Å². The average Bonchev–Trinajstić information content (AvgIpc) is 2.29. The molecule has 1 atom stereocenters. The van der Waals surface area contributed by atoms with E-state index in [1.807, 2.05) is 0 Å². The van der Waals surface area contributed by atoms with E-state index < -0.39 is 0 Å². The first-order chi connectivity index (χ1) is 7.62. The molecule has 16 heavy (non-hydrogen) atoms. The molecule has 0 amide bonds. The second-order valence-corrected chi connectivity index (χ2v) is 5.97. The predicted octanol–water partition coefficient (Wildman–Crippen LogP) is 1.68. The molecule has 0 radical (unpaired) electrons. The van der Waals surface area contributed by atoms with E-state index >= 15 is 0 Å². The van der Waals surface area contributed by atoms with Crippen LogP contribution >= 0.6 is 0 Å². The highest BCUT2D eigenvalue weighted by atomic mass is 16.5. The van der Waals surface area contributed by atoms with Gasteiger partial charge in [0.05, 0.1) is 0 Å². The molecule has 2 N–H and O–H groups in total. The van der Waals surface area contributed by atoms with Crippen LogP contribution in [0.2, 0.25) is 0 Å². The summed E-state index contributed by atoms with van der Waals surface area (Å²) in [6.07, 6.45) is 6.28. The lowest BCUT2D eigenvalue weighted by Gasteiger charge is -2.41. The van der Waals surface area contributed by atoms with Crippen molar-refractivity contribution >= 4 is 0 Å². The van der Waals surface area contributed by atoms with Crippen LogP contribution in [0, 0.1) is 0 Å². The minimum atomic E-state index is 0.292. The van der Waals surface area contributed by atoms with Gasteiger partial charge in [0, 0.05) is 30.8 Å². The topological polar surface area (TPSA) is 33.3 Å². The molecule has 2 heterocycles. The van der Waals surface area contributed by atoms with Gasteiger partial charge in [0.1, 0.15) is 0 Å². The zero-order chi connectivity index (χ0) is 11.5. The molecule has 1 unspecified atom stereocenters. The molecule has 2 fully saturated rings. The standard InChI is InChI=1S/C13H26N2O/c1-12(6-9-16-10-7-12)15-11-13(2)5-3-4-8-14-13/h14-15H,3-11H2,1-2H3. The summed E-state index contributed by atoms with van der Waals surface area (Å²) in [6.45, 7) is 8.77. The smallest absolute Gasteiger partial charge is 0.0483 e. The summed E-state index contributed by atoms with van der Waals surface area (Å²) in [7, 11) is 0. The minimum Gasteiger partial charge on any atom is -0.381 e. The van der Waals surface area contributed by atoms with Crippen molar-refractivity contribution in [3.63, 3.8) is 0 Å². The maximum Gasteiger partial charge on any atom is 0.0483 e. The summed E-state index contributed by atoms with van der Waals surface area (Å²) in [5, 5.41) is 7.42. The van der Waals surface area contributed by atoms with E-state index in [9.17, 15) is 0 Å². The van der Waals surface area contributed by atoms with E-state index in [-0.39, 0.29) is 0 Å². The first-order valence-electron chi connectivity index (χ1n) is 6.70. The van der Waals surface area contributed by atoms with Crippen LogP contribution in [0.15, 0.2) is 0 Å². The number of hydrogen-bond acceptors (Lipinski definition) is 3. The Morgan fingerprint density at radius 3 is 2.50 bits per heavy atom. The van der Waals surface area contributed by atoms with E-state index in [4.69, 9.17) is 4.74 Å². The normalized spacial score (nSPS) is 34.9. The molecular weight excluding hydrogens is 200 g/mol. The van der Waals surface area contributed by atoms with Crippen molar-refractivity contribution in [3.8, 4) is 0 Å². The van der Waals surface area contributed by atoms with Crippen LogP contribution in [0.3, 0.4) is 0 Å². The lowest BCUT2D eigenvalue weighted by atomic mass is 9.87. The highest BCUT2D eigenvalue weighted by Gasteiger charge is 2.31. The molecule has 2 saturated heterocycles. The van der Waals surface area contributed by atoms with Crippen LogP contribution in [0.5, 0.6) is 0 Å². The second kappa shape index (κ2) is 5.03. The van der Waals surface area contributed by atoms with Crippen molar-refractivity contribution in [1.82, 2.24) is 10.6 Å². The molecule has 3 nitrogen and oxygen atoms in total. The highest BCUT2D eigenvalue weighted by Crippen LogP contribution is 2.23. The van der Waals surface area contributed by atoms with Gasteiger partial charge in [0.15, 0.2) is 0 Å². The van der Waals surface area contributed by atoms with Gasteiger partial charge in [-0.05, 0) is 46.1 Å². The van der Waals surface area contributed by atoms with Gasteiger partial charge in [-0.15, -0.1) is 0 Å². The molecule has 0 saturated carbocycles. The summed E-state index contributed by atoms with van der Waals surface area (Å²) >= 11 is 0. The fourth-order valence-electron chi connectivity index (χ4n) is 2.68. The average molecular weight is 226 g/mol. The zero-order valence-corrected chi connectivity index (χ0v) is 10.8. The molecule has 2 rings (SSSR count). The Hall–Kier alpha value is -0.120. The first-order valence-corrected chi connectivity index (χ1v) is 6.70. The molecule has 2 aliphatic heterocycles. The van der Waals surface area contributed by atoms with Crippen LogP contribution < -0.4 is 10.6 Å². The van der Waals surface area contributed by atoms with Gasteiger partial charge in [-0.25, -0.2) is 0 Å². The van der Waals surface area contributed by atoms with Crippen molar-refractivity contribution in [1.29, 1.82) is 0 Å². The van der Waals surface area contributed by atoms with Crippen LogP contribution in [-0.4, -0.2) is 37.4 Å². The van der Waals surface area contributed by atoms with Gasteiger partial charge in [-0.2, -0.15) is 0 Å². The van der Waals surface area contributed by atoms with Gasteiger partial charge in [0.25, 0.3) is 0 Å². The minimum absolute atomic E-state index is 0.292. The van der Waals surface area contributed by atoms with Crippen LogP contribution in [0.25, 0.3) is 0 Å². The Balaban J connectivity index is 1.80. The molecule has 2 aliphatic rings. The Labute approximate surface area is 99.3 Å². The largest absolute Gasteiger partial charge is 0.381 e. The van der Waals surface area contributed by atoms with Crippen molar-refractivity contribution < 1.29 is 4.74 Å². The number of nitrogens with one attached hydrogen (secondary N) is 2. The van der Waals surface area contributed by atoms with Gasteiger partial charge < -0.3 is 15.4 Å². The second-order valence-electron chi connectivity index (χ2n) is 5.97. The van der Waals surface area contributed by atoms with Crippen LogP contribution in [0.1, 0.15) is 46.0 Å². The van der Waals surface area contributed by atoms with Gasteiger partial charge in [-0.1, -0.05) is 6.42 Å². The van der Waals surface area contributed by atoms with Crippen molar-refractivity contribution in [2.24, 2.45) is 0 Å². The molecule has 0 aromatic heterocycles. The third-order valence-corrected chi connectivity index (χ3v) is 4.21. The molecule has 0 bridgehead atoms. The molecule has 0 spiro atoms. The summed E-state index contributed by atoms with van der Waals surface area (Å²) < 4.78 is 5.43. The third kappa shape index (κ3) is 3.19. The van der Waals surface area contributed by atoms with Gasteiger partial charge in [0.2, 0.25) is 0 Å². The van der Waals surface area contributed by atoms with Crippen molar-refractivity contribution in [3.05, 3.63) is 0 Å². The summed E-state index contributed by atoms with van der Waals surface area (Å²) in [4.78, 5) is 0. The lowest BCUT2D eigenvalue weighted by molar-refractivity contribution is 0.0414. The zero-order valence-electron chi connectivity index (χ0n) is 10.8. The fourth-order valence-corrected chi connectivity index (χ4v) is 2.68. The predicted molar refractivity (Wildman–Crippen MR) is 66.7 cm³/mol. The molecule has 94 valence electrons. The number of piperidine rings is 1. The molecular formula is C13H26N2O. The van der Waals surface area contributed by atoms with Crippen molar-refractivity contribution in [2.75, 3.05) is 26.3 Å². The Morgan fingerprint density at radius 1 is 1.12 bits per heavy atom. The maximum absolute atomic E-state index is 5.43. The van der Waals surface area contributed by atoms with E-state index in [1.165, 1.54) is 25.8 Å². The monoisotopic (exact) mass is 226 g/mol. The number of rotatable bonds is 3. The summed E-state index contributed by atoms with van der Waals surface area (Å²) in [6, 6.07) is 0. The van der Waals surface area contributed by atoms with Crippen LogP contribution in [0.4, 0.5) is 0 Å². The summed E-state index contributed by atoms with van der Waals surface area (Å²) in [5.74, 6) is 0. The Morgan fingerprint density at radius 2 is 1.88 bits per heavy atom. The van der Waals surface area contributed by atoms with E-state index in [1.54, 1.807) is 0 Å². The van der Waals surface area contributed by atoms with E-state index in [2.05, 4.69) is 24.5 Å². The highest BCUT2D eigenvalue weighted by molar-refractivity contribution is 4.93. The lowest BCUT2D eigenvalue weighted by Crippen LogP contribution is -2.58. The van der Waals surface area contributed by atoms with Crippen molar-refractivity contribution in [2.45, 2.75) is 57.0 Å². The fraction of sp³-hybridized carbons (Fsp3) is 1.00. The quantitative estimate of drug-likeness (QED) is 0.768. The maximum atomic E-state index is 5.43. The van der Waals surface area contributed by atoms with E-state index in [0.717, 1.165) is 32.6 Å². The molecule has 0 aromatic carbocycles. The Kier molecular flexibility index (Phi) is 3.88. The van der Waals surface area contributed by atoms with Gasteiger partial charge >= 0.3 is 0 Å².